The standard InChI is InChI=1S/C16H18N2O3/c1-18-9-11(2-5-16(18)19)14-8-12(17)3-4-15(14)21-13-6-7-20-10-13/h2-5,8-9,13H,6-7,10,17H2,1H3. The van der Waals surface area contributed by atoms with Crippen molar-refractivity contribution >= 4 is 5.69 Å². The van der Waals surface area contributed by atoms with Gasteiger partial charge in [-0.05, 0) is 24.3 Å². The van der Waals surface area contributed by atoms with Crippen molar-refractivity contribution in [3.63, 3.8) is 0 Å². The van der Waals surface area contributed by atoms with Gasteiger partial charge in [-0.25, -0.2) is 0 Å². The summed E-state index contributed by atoms with van der Waals surface area (Å²) in [4.78, 5) is 11.5. The monoisotopic (exact) mass is 286 g/mol. The van der Waals surface area contributed by atoms with Crippen molar-refractivity contribution in [1.29, 1.82) is 0 Å². The average Bonchev–Trinajstić information content (AvgIpc) is 2.97. The molecule has 1 fully saturated rings. The molecule has 110 valence electrons. The highest BCUT2D eigenvalue weighted by Crippen LogP contribution is 2.32. The molecular formula is C16H18N2O3. The summed E-state index contributed by atoms with van der Waals surface area (Å²) in [5.41, 5.74) is 8.29. The molecule has 5 nitrogen and oxygen atoms in total. The summed E-state index contributed by atoms with van der Waals surface area (Å²) >= 11 is 0. The first-order valence-corrected chi connectivity index (χ1v) is 6.94. The topological polar surface area (TPSA) is 66.5 Å². The number of hydrogen-bond donors (Lipinski definition) is 1. The number of aromatic nitrogens is 1. The molecule has 3 rings (SSSR count). The average molecular weight is 286 g/mol. The van der Waals surface area contributed by atoms with Crippen LogP contribution in [0.1, 0.15) is 6.42 Å². The van der Waals surface area contributed by atoms with Crippen molar-refractivity contribution in [2.24, 2.45) is 7.05 Å². The zero-order valence-corrected chi connectivity index (χ0v) is 11.9. The summed E-state index contributed by atoms with van der Waals surface area (Å²) in [7, 11) is 1.73. The van der Waals surface area contributed by atoms with Crippen LogP contribution in [0.25, 0.3) is 11.1 Å². The van der Waals surface area contributed by atoms with Crippen molar-refractivity contribution in [1.82, 2.24) is 4.57 Å². The van der Waals surface area contributed by atoms with Gasteiger partial charge in [0.25, 0.3) is 0 Å². The van der Waals surface area contributed by atoms with E-state index in [-0.39, 0.29) is 11.7 Å². The van der Waals surface area contributed by atoms with Crippen molar-refractivity contribution in [3.05, 3.63) is 46.9 Å². The summed E-state index contributed by atoms with van der Waals surface area (Å²) in [5.74, 6) is 0.762. The predicted octanol–water partition coefficient (Wildman–Crippen LogP) is 1.80. The Hall–Kier alpha value is -2.27. The molecule has 5 heteroatoms. The van der Waals surface area contributed by atoms with E-state index in [0.717, 1.165) is 29.9 Å². The smallest absolute Gasteiger partial charge is 0.250 e. The SMILES string of the molecule is Cn1cc(-c2cc(N)ccc2OC2CCOC2)ccc1=O. The molecule has 2 N–H and O–H groups in total. The number of pyridine rings is 1. The van der Waals surface area contributed by atoms with Crippen LogP contribution in [0.5, 0.6) is 5.75 Å². The zero-order valence-electron chi connectivity index (χ0n) is 11.9. The molecule has 21 heavy (non-hydrogen) atoms. The number of nitrogens with zero attached hydrogens (tertiary/aromatic N) is 1. The van der Waals surface area contributed by atoms with Gasteiger partial charge in [-0.2, -0.15) is 0 Å². The van der Waals surface area contributed by atoms with Gasteiger partial charge in [0, 0.05) is 42.5 Å². The third-order valence-corrected chi connectivity index (χ3v) is 3.58. The first-order valence-electron chi connectivity index (χ1n) is 6.94. The quantitative estimate of drug-likeness (QED) is 0.874. The Bertz CT molecular complexity index is 703. The van der Waals surface area contributed by atoms with Crippen LogP contribution >= 0.6 is 0 Å². The van der Waals surface area contributed by atoms with Crippen LogP contribution in [0.2, 0.25) is 0 Å². The Morgan fingerprint density at radius 2 is 2.19 bits per heavy atom. The Morgan fingerprint density at radius 1 is 1.33 bits per heavy atom. The van der Waals surface area contributed by atoms with Crippen molar-refractivity contribution in [3.8, 4) is 16.9 Å². The minimum Gasteiger partial charge on any atom is -0.487 e. The lowest BCUT2D eigenvalue weighted by Gasteiger charge is -2.16. The fourth-order valence-electron chi connectivity index (χ4n) is 2.41. The lowest BCUT2D eigenvalue weighted by molar-refractivity contribution is 0.142. The maximum Gasteiger partial charge on any atom is 0.250 e. The third kappa shape index (κ3) is 2.92. The maximum atomic E-state index is 11.5. The highest BCUT2D eigenvalue weighted by molar-refractivity contribution is 5.73. The number of anilines is 1. The molecular weight excluding hydrogens is 268 g/mol. The predicted molar refractivity (Wildman–Crippen MR) is 81.4 cm³/mol. The molecule has 1 atom stereocenters. The maximum absolute atomic E-state index is 11.5. The van der Waals surface area contributed by atoms with Crippen LogP contribution in [0.4, 0.5) is 5.69 Å². The van der Waals surface area contributed by atoms with E-state index in [1.54, 1.807) is 29.9 Å². The first-order chi connectivity index (χ1) is 10.1. The number of nitrogens with two attached hydrogens (primary N) is 1. The van der Waals surface area contributed by atoms with Crippen LogP contribution in [0.3, 0.4) is 0 Å². The molecule has 1 saturated heterocycles. The summed E-state index contributed by atoms with van der Waals surface area (Å²) in [5, 5.41) is 0. The van der Waals surface area contributed by atoms with E-state index in [0.29, 0.717) is 12.3 Å². The summed E-state index contributed by atoms with van der Waals surface area (Å²) in [6, 6.07) is 8.88. The van der Waals surface area contributed by atoms with Gasteiger partial charge < -0.3 is 19.8 Å². The molecule has 0 bridgehead atoms. The molecule has 1 aromatic carbocycles. The highest BCUT2D eigenvalue weighted by atomic mass is 16.5. The third-order valence-electron chi connectivity index (χ3n) is 3.58. The molecule has 1 unspecified atom stereocenters. The summed E-state index contributed by atoms with van der Waals surface area (Å²) in [6.07, 6.45) is 2.74. The molecule has 2 aromatic rings. The van der Waals surface area contributed by atoms with Gasteiger partial charge in [-0.15, -0.1) is 0 Å². The molecule has 1 aromatic heterocycles. The van der Waals surface area contributed by atoms with Gasteiger partial charge in [0.05, 0.1) is 13.2 Å². The second-order valence-corrected chi connectivity index (χ2v) is 5.23. The van der Waals surface area contributed by atoms with E-state index in [1.165, 1.54) is 0 Å². The van der Waals surface area contributed by atoms with Crippen LogP contribution in [0, 0.1) is 0 Å². The number of hydrogen-bond acceptors (Lipinski definition) is 4. The zero-order chi connectivity index (χ0) is 14.8. The van der Waals surface area contributed by atoms with Crippen LogP contribution < -0.4 is 16.0 Å². The number of rotatable bonds is 3. The number of ether oxygens (including phenoxy) is 2. The number of benzene rings is 1. The lowest BCUT2D eigenvalue weighted by Crippen LogP contribution is -2.17. The van der Waals surface area contributed by atoms with Gasteiger partial charge in [-0.1, -0.05) is 0 Å². The minimum absolute atomic E-state index is 0.0469. The fraction of sp³-hybridized carbons (Fsp3) is 0.312. The van der Waals surface area contributed by atoms with Gasteiger partial charge in [-0.3, -0.25) is 4.79 Å². The van der Waals surface area contributed by atoms with Crippen LogP contribution in [-0.4, -0.2) is 23.9 Å². The van der Waals surface area contributed by atoms with Crippen LogP contribution in [-0.2, 0) is 11.8 Å². The van der Waals surface area contributed by atoms with E-state index in [9.17, 15) is 4.79 Å². The molecule has 0 aliphatic carbocycles. The number of nitrogen functional groups attached to an aromatic ring is 1. The van der Waals surface area contributed by atoms with Crippen molar-refractivity contribution < 1.29 is 9.47 Å². The van der Waals surface area contributed by atoms with E-state index in [2.05, 4.69) is 0 Å². The van der Waals surface area contributed by atoms with E-state index in [4.69, 9.17) is 15.2 Å². The summed E-state index contributed by atoms with van der Waals surface area (Å²) in [6.45, 7) is 1.34. The Kier molecular flexibility index (Phi) is 3.66. The van der Waals surface area contributed by atoms with E-state index in [1.807, 2.05) is 18.2 Å². The highest BCUT2D eigenvalue weighted by Gasteiger charge is 2.19. The number of aryl methyl sites for hydroxylation is 1. The normalized spacial score (nSPS) is 17.9. The fourth-order valence-corrected chi connectivity index (χ4v) is 2.41. The molecule has 0 amide bonds. The van der Waals surface area contributed by atoms with Gasteiger partial charge >= 0.3 is 0 Å². The molecule has 0 radical (unpaired) electrons. The molecule has 0 spiro atoms. The Balaban J connectivity index is 2.00. The van der Waals surface area contributed by atoms with E-state index >= 15 is 0 Å². The van der Waals surface area contributed by atoms with Gasteiger partial charge in [0.15, 0.2) is 0 Å². The molecule has 0 saturated carbocycles. The van der Waals surface area contributed by atoms with E-state index < -0.39 is 0 Å². The second-order valence-electron chi connectivity index (χ2n) is 5.23. The van der Waals surface area contributed by atoms with Gasteiger partial charge in [0.1, 0.15) is 11.9 Å². The minimum atomic E-state index is -0.0469. The van der Waals surface area contributed by atoms with Crippen LogP contribution in [0.15, 0.2) is 41.3 Å². The lowest BCUT2D eigenvalue weighted by atomic mass is 10.1. The second kappa shape index (κ2) is 5.61. The molecule has 2 heterocycles. The Morgan fingerprint density at radius 3 is 2.90 bits per heavy atom. The Labute approximate surface area is 122 Å². The molecule has 1 aliphatic heterocycles. The van der Waals surface area contributed by atoms with Crippen molar-refractivity contribution in [2.45, 2.75) is 12.5 Å². The largest absolute Gasteiger partial charge is 0.487 e. The van der Waals surface area contributed by atoms with Gasteiger partial charge in [0.2, 0.25) is 5.56 Å². The van der Waals surface area contributed by atoms with Crippen molar-refractivity contribution in [2.75, 3.05) is 18.9 Å². The summed E-state index contributed by atoms with van der Waals surface area (Å²) < 4.78 is 12.9. The first kappa shape index (κ1) is 13.7. The molecule has 1 aliphatic rings.